The number of phenols is 2. The lowest BCUT2D eigenvalue weighted by atomic mass is 10.0. The Morgan fingerprint density at radius 1 is 1.13 bits per heavy atom. The molecule has 0 bridgehead atoms. The quantitative estimate of drug-likeness (QED) is 0.281. The Balaban J connectivity index is 2.59. The summed E-state index contributed by atoms with van der Waals surface area (Å²) >= 11 is 0. The van der Waals surface area contributed by atoms with Gasteiger partial charge in [0, 0.05) is 10.5 Å². The highest BCUT2D eigenvalue weighted by molar-refractivity contribution is 7.85. The Kier molecular flexibility index (Phi) is 4.39. The van der Waals surface area contributed by atoms with Crippen molar-refractivity contribution in [3.8, 4) is 17.2 Å². The molecule has 0 saturated carbocycles. The lowest BCUT2D eigenvalue weighted by Crippen LogP contribution is -2.10. The molecule has 10 heteroatoms. The number of carbonyl (C=O) groups excluding carboxylic acids is 1. The van der Waals surface area contributed by atoms with E-state index in [0.717, 1.165) is 12.1 Å². The summed E-state index contributed by atoms with van der Waals surface area (Å²) in [7, 11) is -4.78. The molecule has 0 aromatic heterocycles. The van der Waals surface area contributed by atoms with E-state index in [4.69, 9.17) is 5.53 Å². The van der Waals surface area contributed by atoms with Crippen LogP contribution in [0.25, 0.3) is 10.4 Å². The molecule has 0 aliphatic rings. The molecule has 0 amide bonds. The van der Waals surface area contributed by atoms with Gasteiger partial charge in [0.15, 0.2) is 17.3 Å². The molecule has 9 nitrogen and oxygen atoms in total. The maximum Gasteiger partial charge on any atom is 0.403 e. The fourth-order valence-corrected chi connectivity index (χ4v) is 2.24. The molecule has 2 N–H and O–H groups in total. The van der Waals surface area contributed by atoms with Crippen molar-refractivity contribution < 1.29 is 27.6 Å². The first-order chi connectivity index (χ1) is 10.9. The molecule has 0 spiro atoms. The number of carbonyl (C=O) groups is 1. The average Bonchev–Trinajstić information content (AvgIpc) is 2.52. The summed E-state index contributed by atoms with van der Waals surface area (Å²) in [5, 5.41) is 19.2. The van der Waals surface area contributed by atoms with E-state index in [9.17, 15) is 23.4 Å². The van der Waals surface area contributed by atoms with Crippen LogP contribution in [0, 0.1) is 0 Å². The van der Waals surface area contributed by atoms with Crippen LogP contribution in [-0.4, -0.2) is 24.4 Å². The van der Waals surface area contributed by atoms with E-state index in [0.29, 0.717) is 0 Å². The van der Waals surface area contributed by atoms with E-state index in [2.05, 4.69) is 13.6 Å². The van der Waals surface area contributed by atoms with Crippen molar-refractivity contribution in [1.29, 1.82) is 0 Å². The largest absolute Gasteiger partial charge is 0.504 e. The van der Waals surface area contributed by atoms with Crippen molar-refractivity contribution in [3.63, 3.8) is 0 Å². The van der Waals surface area contributed by atoms with E-state index in [1.165, 1.54) is 12.1 Å². The first-order valence-corrected chi connectivity index (χ1v) is 7.37. The third kappa shape index (κ3) is 3.51. The zero-order valence-electron chi connectivity index (χ0n) is 11.3. The summed E-state index contributed by atoms with van der Waals surface area (Å²) in [6.45, 7) is 0. The van der Waals surface area contributed by atoms with Gasteiger partial charge in [-0.15, -0.1) is 0 Å². The van der Waals surface area contributed by atoms with Gasteiger partial charge in [0.1, 0.15) is 0 Å². The van der Waals surface area contributed by atoms with Gasteiger partial charge >= 0.3 is 10.3 Å². The molecule has 0 aliphatic carbocycles. The van der Waals surface area contributed by atoms with Crippen LogP contribution in [0.5, 0.6) is 17.2 Å². The van der Waals surface area contributed by atoms with Crippen molar-refractivity contribution in [3.05, 3.63) is 64.0 Å². The summed E-state index contributed by atoms with van der Waals surface area (Å²) in [6.07, 6.45) is 0. The molecule has 0 unspecified atom stereocenters. The number of nitrogens with zero attached hydrogens (tertiary/aromatic N) is 3. The maximum atomic E-state index is 12.4. The molecular weight excluding hydrogens is 326 g/mol. The van der Waals surface area contributed by atoms with Crippen molar-refractivity contribution in [2.75, 3.05) is 0 Å². The van der Waals surface area contributed by atoms with Crippen LogP contribution >= 0.6 is 0 Å². The standard InChI is InChI=1S/C13H9N3O6S/c14-15-16-23(20,21)22-13-9(6-7-10(17)12(13)19)11(18)8-4-2-1-3-5-8/h1-7,17,19H. The lowest BCUT2D eigenvalue weighted by Gasteiger charge is -2.11. The smallest absolute Gasteiger partial charge is 0.403 e. The van der Waals surface area contributed by atoms with Gasteiger partial charge in [0.25, 0.3) is 0 Å². The maximum absolute atomic E-state index is 12.4. The van der Waals surface area contributed by atoms with E-state index in [1.807, 2.05) is 0 Å². The van der Waals surface area contributed by atoms with Crippen molar-refractivity contribution >= 4 is 16.1 Å². The predicted molar refractivity (Wildman–Crippen MR) is 78.3 cm³/mol. The molecule has 2 aromatic carbocycles. The van der Waals surface area contributed by atoms with Gasteiger partial charge in [-0.1, -0.05) is 30.3 Å². The van der Waals surface area contributed by atoms with E-state index < -0.39 is 33.3 Å². The molecule has 0 atom stereocenters. The number of hydrogen-bond acceptors (Lipinski definition) is 6. The first-order valence-electron chi connectivity index (χ1n) is 6.01. The number of azide groups is 1. The second-order valence-corrected chi connectivity index (χ2v) is 5.37. The molecule has 2 aromatic rings. The highest BCUT2D eigenvalue weighted by Crippen LogP contribution is 2.40. The lowest BCUT2D eigenvalue weighted by molar-refractivity contribution is 0.103. The molecule has 0 heterocycles. The van der Waals surface area contributed by atoms with Crippen LogP contribution in [0.4, 0.5) is 0 Å². The summed E-state index contributed by atoms with van der Waals surface area (Å²) in [5.41, 5.74) is 8.05. The molecule has 2 rings (SSSR count). The molecule has 118 valence electrons. The number of benzene rings is 2. The predicted octanol–water partition coefficient (Wildman–Crippen LogP) is 2.26. The Morgan fingerprint density at radius 3 is 2.39 bits per heavy atom. The monoisotopic (exact) mass is 335 g/mol. The third-order valence-corrected chi connectivity index (χ3v) is 3.37. The van der Waals surface area contributed by atoms with E-state index >= 15 is 0 Å². The molecule has 0 fully saturated rings. The Bertz CT molecular complexity index is 905. The van der Waals surface area contributed by atoms with Crippen molar-refractivity contribution in [2.24, 2.45) is 4.52 Å². The Labute approximate surface area is 130 Å². The van der Waals surface area contributed by atoms with Gasteiger partial charge in [-0.25, -0.2) is 0 Å². The highest BCUT2D eigenvalue weighted by atomic mass is 32.2. The number of aromatic hydroxyl groups is 2. The first kappa shape index (κ1) is 16.1. The summed E-state index contributed by atoms with van der Waals surface area (Å²) in [6, 6.07) is 9.86. The van der Waals surface area contributed by atoms with Gasteiger partial charge < -0.3 is 14.4 Å². The van der Waals surface area contributed by atoms with Gasteiger partial charge in [0.05, 0.1) is 10.1 Å². The average molecular weight is 335 g/mol. The van der Waals surface area contributed by atoms with Crippen LogP contribution in [0.15, 0.2) is 47.0 Å². The second-order valence-electron chi connectivity index (χ2n) is 4.19. The Hall–Kier alpha value is -3.23. The number of rotatable bonds is 5. The van der Waals surface area contributed by atoms with Crippen LogP contribution in [0.2, 0.25) is 0 Å². The molecular formula is C13H9N3O6S. The van der Waals surface area contributed by atoms with Gasteiger partial charge in [0.2, 0.25) is 5.75 Å². The SMILES string of the molecule is [N-]=[N+]=NS(=O)(=O)Oc1c(C(=O)c2ccccc2)ccc(O)c1O. The van der Waals surface area contributed by atoms with Crippen molar-refractivity contribution in [1.82, 2.24) is 0 Å². The van der Waals surface area contributed by atoms with Gasteiger partial charge in [-0.2, -0.15) is 8.42 Å². The minimum atomic E-state index is -4.78. The van der Waals surface area contributed by atoms with E-state index in [1.54, 1.807) is 18.2 Å². The fourth-order valence-electron chi connectivity index (χ4n) is 1.74. The van der Waals surface area contributed by atoms with Gasteiger partial charge in [-0.3, -0.25) is 4.79 Å². The van der Waals surface area contributed by atoms with Gasteiger partial charge in [-0.05, 0) is 17.7 Å². The highest BCUT2D eigenvalue weighted by Gasteiger charge is 2.24. The molecule has 23 heavy (non-hydrogen) atoms. The zero-order valence-corrected chi connectivity index (χ0v) is 12.1. The number of ketones is 1. The molecule has 0 saturated heterocycles. The number of phenolic OH excluding ortho intramolecular Hbond substituents is 2. The summed E-state index contributed by atoms with van der Waals surface area (Å²) in [4.78, 5) is 14.5. The third-order valence-electron chi connectivity index (χ3n) is 2.72. The van der Waals surface area contributed by atoms with Crippen LogP contribution in [-0.2, 0) is 10.3 Å². The minimum Gasteiger partial charge on any atom is -0.504 e. The fraction of sp³-hybridized carbons (Fsp3) is 0. The summed E-state index contributed by atoms with van der Waals surface area (Å²) < 4.78 is 29.7. The zero-order chi connectivity index (χ0) is 17.0. The number of hydrogen-bond donors (Lipinski definition) is 2. The summed E-state index contributed by atoms with van der Waals surface area (Å²) in [5.74, 6) is -3.16. The normalized spacial score (nSPS) is 10.6. The van der Waals surface area contributed by atoms with Crippen LogP contribution < -0.4 is 4.18 Å². The Morgan fingerprint density at radius 2 is 1.78 bits per heavy atom. The minimum absolute atomic E-state index is 0.198. The molecule has 0 aliphatic heterocycles. The van der Waals surface area contributed by atoms with Crippen LogP contribution in [0.1, 0.15) is 15.9 Å². The van der Waals surface area contributed by atoms with E-state index in [-0.39, 0.29) is 11.1 Å². The van der Waals surface area contributed by atoms with Crippen molar-refractivity contribution in [2.45, 2.75) is 0 Å². The molecule has 0 radical (unpaired) electrons. The topological polar surface area (TPSA) is 150 Å². The van der Waals surface area contributed by atoms with Crippen LogP contribution in [0.3, 0.4) is 0 Å². The second kappa shape index (κ2) is 6.26.